The topological polar surface area (TPSA) is 72.9 Å². The van der Waals surface area contributed by atoms with Crippen LogP contribution in [0.4, 0.5) is 0 Å². The van der Waals surface area contributed by atoms with Crippen LogP contribution in [0.5, 0.6) is 0 Å². The quantitative estimate of drug-likeness (QED) is 0.799. The standard InChI is InChI=1S/C9H11BrN4O2/c1-13-8-7(3-12-13)9(16)14(5-11-8)4-6(15)2-10/h3,5-6,15H,2,4H2,1H3. The summed E-state index contributed by atoms with van der Waals surface area (Å²) in [5.41, 5.74) is 0.368. The highest BCUT2D eigenvalue weighted by molar-refractivity contribution is 9.09. The summed E-state index contributed by atoms with van der Waals surface area (Å²) in [6, 6.07) is 0. The van der Waals surface area contributed by atoms with Crippen molar-refractivity contribution in [3.63, 3.8) is 0 Å². The van der Waals surface area contributed by atoms with Gasteiger partial charge in [-0.2, -0.15) is 5.10 Å². The normalized spacial score (nSPS) is 13.2. The van der Waals surface area contributed by atoms with E-state index in [2.05, 4.69) is 26.0 Å². The van der Waals surface area contributed by atoms with E-state index in [1.165, 1.54) is 17.1 Å². The molecule has 0 bridgehead atoms. The number of nitrogens with zero attached hydrogens (tertiary/aromatic N) is 4. The summed E-state index contributed by atoms with van der Waals surface area (Å²) in [5, 5.41) is 14.3. The molecule has 1 unspecified atom stereocenters. The molecular formula is C9H11BrN4O2. The molecule has 0 aliphatic heterocycles. The number of aliphatic hydroxyl groups is 1. The molecule has 2 aromatic heterocycles. The molecule has 2 heterocycles. The Kier molecular flexibility index (Phi) is 3.06. The van der Waals surface area contributed by atoms with Crippen LogP contribution >= 0.6 is 15.9 Å². The van der Waals surface area contributed by atoms with Gasteiger partial charge in [-0.3, -0.25) is 14.0 Å². The Morgan fingerprint density at radius 1 is 1.62 bits per heavy atom. The maximum atomic E-state index is 11.9. The lowest BCUT2D eigenvalue weighted by Crippen LogP contribution is -2.27. The summed E-state index contributed by atoms with van der Waals surface area (Å²) in [6.07, 6.45) is 2.31. The molecule has 0 radical (unpaired) electrons. The Bertz CT molecular complexity index is 562. The van der Waals surface area contributed by atoms with Gasteiger partial charge in [0.25, 0.3) is 5.56 Å². The molecule has 6 nitrogen and oxygen atoms in total. The maximum Gasteiger partial charge on any atom is 0.264 e. The van der Waals surface area contributed by atoms with E-state index in [1.807, 2.05) is 0 Å². The molecule has 0 aliphatic carbocycles. The van der Waals surface area contributed by atoms with E-state index >= 15 is 0 Å². The first-order valence-electron chi connectivity index (χ1n) is 4.74. The van der Waals surface area contributed by atoms with Crippen molar-refractivity contribution in [1.29, 1.82) is 0 Å². The van der Waals surface area contributed by atoms with Gasteiger partial charge in [-0.25, -0.2) is 4.98 Å². The summed E-state index contributed by atoms with van der Waals surface area (Å²) in [6.45, 7) is 0.224. The monoisotopic (exact) mass is 286 g/mol. The highest BCUT2D eigenvalue weighted by atomic mass is 79.9. The number of alkyl halides is 1. The summed E-state index contributed by atoms with van der Waals surface area (Å²) >= 11 is 3.15. The second kappa shape index (κ2) is 4.34. The van der Waals surface area contributed by atoms with Crippen molar-refractivity contribution in [3.8, 4) is 0 Å². The second-order valence-electron chi connectivity index (χ2n) is 3.52. The average molecular weight is 287 g/mol. The molecule has 0 saturated heterocycles. The fraction of sp³-hybridized carbons (Fsp3) is 0.444. The smallest absolute Gasteiger partial charge is 0.264 e. The molecule has 1 N–H and O–H groups in total. The lowest BCUT2D eigenvalue weighted by molar-refractivity contribution is 0.177. The Hall–Kier alpha value is -1.21. The van der Waals surface area contributed by atoms with Crippen LogP contribution in [0.1, 0.15) is 0 Å². The lowest BCUT2D eigenvalue weighted by atomic mass is 10.4. The Morgan fingerprint density at radius 3 is 3.06 bits per heavy atom. The van der Waals surface area contributed by atoms with Crippen molar-refractivity contribution < 1.29 is 5.11 Å². The lowest BCUT2D eigenvalue weighted by Gasteiger charge is -2.08. The number of halogens is 1. The SMILES string of the molecule is Cn1ncc2c(=O)n(CC(O)CBr)cnc21. The van der Waals surface area contributed by atoms with Gasteiger partial charge >= 0.3 is 0 Å². The van der Waals surface area contributed by atoms with Crippen molar-refractivity contribution in [2.45, 2.75) is 12.6 Å². The van der Waals surface area contributed by atoms with Crippen LogP contribution in [0.15, 0.2) is 17.3 Å². The molecule has 0 aliphatic rings. The van der Waals surface area contributed by atoms with Gasteiger partial charge in [-0.15, -0.1) is 0 Å². The molecule has 16 heavy (non-hydrogen) atoms. The molecule has 7 heteroatoms. The van der Waals surface area contributed by atoms with Crippen LogP contribution in [0.2, 0.25) is 0 Å². The van der Waals surface area contributed by atoms with E-state index in [0.29, 0.717) is 16.4 Å². The fourth-order valence-corrected chi connectivity index (χ4v) is 1.68. The molecule has 2 aromatic rings. The summed E-state index contributed by atoms with van der Waals surface area (Å²) in [4.78, 5) is 16.1. The summed E-state index contributed by atoms with van der Waals surface area (Å²) < 4.78 is 2.93. The van der Waals surface area contributed by atoms with Crippen molar-refractivity contribution in [2.24, 2.45) is 7.05 Å². The number of aliphatic hydroxyl groups excluding tert-OH is 1. The second-order valence-corrected chi connectivity index (χ2v) is 4.16. The molecule has 2 rings (SSSR count). The van der Waals surface area contributed by atoms with Gasteiger partial charge in [-0.1, -0.05) is 15.9 Å². The molecule has 0 fully saturated rings. The van der Waals surface area contributed by atoms with Crippen molar-refractivity contribution in [1.82, 2.24) is 19.3 Å². The molecule has 0 amide bonds. The predicted molar refractivity (Wildman–Crippen MR) is 62.6 cm³/mol. The first-order chi connectivity index (χ1) is 7.63. The highest BCUT2D eigenvalue weighted by Gasteiger charge is 2.10. The van der Waals surface area contributed by atoms with Crippen LogP contribution in [0.3, 0.4) is 0 Å². The fourth-order valence-electron chi connectivity index (χ4n) is 1.47. The summed E-state index contributed by atoms with van der Waals surface area (Å²) in [5.74, 6) is 0. The molecule has 0 saturated carbocycles. The third kappa shape index (κ3) is 1.88. The third-order valence-electron chi connectivity index (χ3n) is 2.30. The number of aromatic nitrogens is 4. The zero-order valence-electron chi connectivity index (χ0n) is 8.67. The molecule has 1 atom stereocenters. The number of aryl methyl sites for hydroxylation is 1. The van der Waals surface area contributed by atoms with Gasteiger partial charge < -0.3 is 5.11 Å². The van der Waals surface area contributed by atoms with Gasteiger partial charge in [0.2, 0.25) is 0 Å². The minimum absolute atomic E-state index is 0.182. The Balaban J connectivity index is 2.49. The predicted octanol–water partition coefficient (Wildman–Crippen LogP) is -0.114. The van der Waals surface area contributed by atoms with Gasteiger partial charge in [0.05, 0.1) is 18.8 Å². The average Bonchev–Trinajstić information content (AvgIpc) is 2.65. The van der Waals surface area contributed by atoms with Crippen LogP contribution in [-0.2, 0) is 13.6 Å². The Labute approximate surface area is 99.7 Å². The van der Waals surface area contributed by atoms with Gasteiger partial charge in [0.15, 0.2) is 5.65 Å². The highest BCUT2D eigenvalue weighted by Crippen LogP contribution is 2.03. The van der Waals surface area contributed by atoms with E-state index < -0.39 is 6.10 Å². The number of hydrogen-bond acceptors (Lipinski definition) is 4. The number of rotatable bonds is 3. The Morgan fingerprint density at radius 2 is 2.38 bits per heavy atom. The molecule has 0 aromatic carbocycles. The summed E-state index contributed by atoms with van der Waals surface area (Å²) in [7, 11) is 1.73. The van der Waals surface area contributed by atoms with Crippen LogP contribution < -0.4 is 5.56 Å². The van der Waals surface area contributed by atoms with Crippen LogP contribution in [0.25, 0.3) is 11.0 Å². The minimum atomic E-state index is -0.603. The zero-order chi connectivity index (χ0) is 11.7. The first kappa shape index (κ1) is 11.3. The third-order valence-corrected chi connectivity index (χ3v) is 3.05. The largest absolute Gasteiger partial charge is 0.390 e. The van der Waals surface area contributed by atoms with E-state index in [9.17, 15) is 9.90 Å². The molecular weight excluding hydrogens is 276 g/mol. The van der Waals surface area contributed by atoms with Crippen LogP contribution in [-0.4, -0.2) is 35.9 Å². The zero-order valence-corrected chi connectivity index (χ0v) is 10.3. The van der Waals surface area contributed by atoms with E-state index in [1.54, 1.807) is 11.7 Å². The van der Waals surface area contributed by atoms with Gasteiger partial charge in [-0.05, 0) is 0 Å². The molecule has 86 valence electrons. The number of fused-ring (bicyclic) bond motifs is 1. The van der Waals surface area contributed by atoms with Crippen molar-refractivity contribution in [2.75, 3.05) is 5.33 Å². The van der Waals surface area contributed by atoms with E-state index in [-0.39, 0.29) is 12.1 Å². The number of hydrogen-bond donors (Lipinski definition) is 1. The molecule has 0 spiro atoms. The first-order valence-corrected chi connectivity index (χ1v) is 5.87. The minimum Gasteiger partial charge on any atom is -0.390 e. The van der Waals surface area contributed by atoms with E-state index in [4.69, 9.17) is 0 Å². The van der Waals surface area contributed by atoms with Crippen molar-refractivity contribution >= 4 is 27.0 Å². The van der Waals surface area contributed by atoms with Crippen molar-refractivity contribution in [3.05, 3.63) is 22.9 Å². The van der Waals surface area contributed by atoms with Gasteiger partial charge in [0.1, 0.15) is 11.7 Å². The van der Waals surface area contributed by atoms with Gasteiger partial charge in [0, 0.05) is 12.4 Å². The maximum absolute atomic E-state index is 11.9. The van der Waals surface area contributed by atoms with Crippen LogP contribution in [0, 0.1) is 0 Å². The van der Waals surface area contributed by atoms with E-state index in [0.717, 1.165) is 0 Å².